The van der Waals surface area contributed by atoms with Crippen LogP contribution >= 0.6 is 0 Å². The van der Waals surface area contributed by atoms with Gasteiger partial charge in [-0.25, -0.2) is 9.97 Å². The van der Waals surface area contributed by atoms with Crippen LogP contribution in [0.5, 0.6) is 0 Å². The summed E-state index contributed by atoms with van der Waals surface area (Å²) in [6.45, 7) is 7.43. The molecule has 6 nitrogen and oxygen atoms in total. The minimum absolute atomic E-state index is 0.219. The Kier molecular flexibility index (Phi) is 3.33. The number of anilines is 1. The fourth-order valence-electron chi connectivity index (χ4n) is 1.92. The number of hydrogen-bond donors (Lipinski definition) is 1. The molecule has 1 N–H and O–H groups in total. The van der Waals surface area contributed by atoms with Gasteiger partial charge in [-0.1, -0.05) is 0 Å². The summed E-state index contributed by atoms with van der Waals surface area (Å²) in [5, 5.41) is 7.12. The maximum absolute atomic E-state index is 12.2. The molecule has 0 aromatic carbocycles. The van der Waals surface area contributed by atoms with Gasteiger partial charge in [-0.2, -0.15) is 5.10 Å². The Balaban J connectivity index is 2.31. The van der Waals surface area contributed by atoms with Gasteiger partial charge in [-0.3, -0.25) is 9.48 Å². The maximum Gasteiger partial charge on any atom is 0.260 e. The highest BCUT2D eigenvalue weighted by Gasteiger charge is 2.15. The van der Waals surface area contributed by atoms with Gasteiger partial charge in [0.1, 0.15) is 11.6 Å². The van der Waals surface area contributed by atoms with E-state index in [4.69, 9.17) is 0 Å². The monoisotopic (exact) mass is 259 g/mol. The number of aryl methyl sites for hydroxylation is 4. The van der Waals surface area contributed by atoms with Crippen molar-refractivity contribution in [3.63, 3.8) is 0 Å². The summed E-state index contributed by atoms with van der Waals surface area (Å²) in [4.78, 5) is 20.5. The van der Waals surface area contributed by atoms with Crippen LogP contribution in [0.25, 0.3) is 0 Å². The van der Waals surface area contributed by atoms with Crippen molar-refractivity contribution in [2.45, 2.75) is 27.7 Å². The SMILES string of the molecule is Cc1ncc(C(=O)Nc2c(C)c(C)nn2C)c(C)n1. The molecule has 2 heterocycles. The zero-order chi connectivity index (χ0) is 14.2. The van der Waals surface area contributed by atoms with Gasteiger partial charge in [0.15, 0.2) is 0 Å². The standard InChI is InChI=1S/C13H17N5O/c1-7-8(2)17-18(5)12(7)16-13(19)11-6-14-10(4)15-9(11)3/h6H,1-5H3,(H,16,19). The van der Waals surface area contributed by atoms with Crippen molar-refractivity contribution < 1.29 is 4.79 Å². The van der Waals surface area contributed by atoms with Crippen molar-refractivity contribution >= 4 is 11.7 Å². The van der Waals surface area contributed by atoms with Crippen molar-refractivity contribution in [3.05, 3.63) is 34.5 Å². The molecule has 0 atom stereocenters. The Hall–Kier alpha value is -2.24. The number of amides is 1. The molecule has 0 unspecified atom stereocenters. The topological polar surface area (TPSA) is 72.7 Å². The number of aromatic nitrogens is 4. The van der Waals surface area contributed by atoms with Crippen LogP contribution in [0.15, 0.2) is 6.20 Å². The van der Waals surface area contributed by atoms with E-state index >= 15 is 0 Å². The lowest BCUT2D eigenvalue weighted by Gasteiger charge is -2.08. The number of hydrogen-bond acceptors (Lipinski definition) is 4. The van der Waals surface area contributed by atoms with Gasteiger partial charge in [0.2, 0.25) is 0 Å². The predicted octanol–water partition coefficient (Wildman–Crippen LogP) is 1.70. The first-order valence-electron chi connectivity index (χ1n) is 6.02. The Bertz CT molecular complexity index is 645. The van der Waals surface area contributed by atoms with E-state index in [0.29, 0.717) is 22.9 Å². The fraction of sp³-hybridized carbons (Fsp3) is 0.385. The number of carbonyl (C=O) groups excluding carboxylic acids is 1. The molecule has 0 bridgehead atoms. The van der Waals surface area contributed by atoms with Crippen molar-refractivity contribution in [1.82, 2.24) is 19.7 Å². The third-order valence-electron chi connectivity index (χ3n) is 3.10. The highest BCUT2D eigenvalue weighted by atomic mass is 16.1. The van der Waals surface area contributed by atoms with E-state index in [0.717, 1.165) is 11.3 Å². The van der Waals surface area contributed by atoms with Crippen LogP contribution in [0.1, 0.15) is 33.1 Å². The van der Waals surface area contributed by atoms with E-state index in [1.807, 2.05) is 13.8 Å². The van der Waals surface area contributed by atoms with Crippen LogP contribution in [0.3, 0.4) is 0 Å². The molecule has 0 saturated heterocycles. The molecule has 2 rings (SSSR count). The second-order valence-corrected chi connectivity index (χ2v) is 4.55. The normalized spacial score (nSPS) is 10.6. The zero-order valence-electron chi connectivity index (χ0n) is 11.8. The lowest BCUT2D eigenvalue weighted by atomic mass is 10.2. The van der Waals surface area contributed by atoms with E-state index in [1.165, 1.54) is 0 Å². The molecule has 19 heavy (non-hydrogen) atoms. The minimum atomic E-state index is -0.219. The fourth-order valence-corrected chi connectivity index (χ4v) is 1.92. The van der Waals surface area contributed by atoms with Crippen LogP contribution < -0.4 is 5.32 Å². The summed E-state index contributed by atoms with van der Waals surface area (Å²) in [6, 6.07) is 0. The summed E-state index contributed by atoms with van der Waals surface area (Å²) in [5.74, 6) is 1.13. The van der Waals surface area contributed by atoms with Crippen molar-refractivity contribution in [2.24, 2.45) is 7.05 Å². The number of carbonyl (C=O) groups is 1. The van der Waals surface area contributed by atoms with Crippen LogP contribution in [-0.4, -0.2) is 25.7 Å². The van der Waals surface area contributed by atoms with Crippen LogP contribution in [-0.2, 0) is 7.05 Å². The second-order valence-electron chi connectivity index (χ2n) is 4.55. The smallest absolute Gasteiger partial charge is 0.260 e. The van der Waals surface area contributed by atoms with Crippen molar-refractivity contribution in [2.75, 3.05) is 5.32 Å². The highest BCUT2D eigenvalue weighted by molar-refractivity contribution is 6.04. The zero-order valence-corrected chi connectivity index (χ0v) is 11.8. The first-order chi connectivity index (χ1) is 8.90. The molecule has 0 fully saturated rings. The van der Waals surface area contributed by atoms with Crippen LogP contribution in [0.4, 0.5) is 5.82 Å². The molecule has 0 saturated carbocycles. The average molecular weight is 259 g/mol. The Labute approximate surface area is 111 Å². The largest absolute Gasteiger partial charge is 0.306 e. The van der Waals surface area contributed by atoms with Gasteiger partial charge in [0, 0.05) is 18.8 Å². The summed E-state index contributed by atoms with van der Waals surface area (Å²) < 4.78 is 1.66. The summed E-state index contributed by atoms with van der Waals surface area (Å²) in [7, 11) is 1.80. The number of nitrogens with one attached hydrogen (secondary N) is 1. The van der Waals surface area contributed by atoms with E-state index in [-0.39, 0.29) is 5.91 Å². The molecule has 2 aromatic rings. The quantitative estimate of drug-likeness (QED) is 0.890. The molecular formula is C13H17N5O. The Morgan fingerprint density at radius 1 is 1.21 bits per heavy atom. The molecule has 100 valence electrons. The van der Waals surface area contributed by atoms with Gasteiger partial charge < -0.3 is 5.32 Å². The van der Waals surface area contributed by atoms with E-state index < -0.39 is 0 Å². The summed E-state index contributed by atoms with van der Waals surface area (Å²) >= 11 is 0. The van der Waals surface area contributed by atoms with Gasteiger partial charge in [0.25, 0.3) is 5.91 Å². The molecule has 2 aromatic heterocycles. The van der Waals surface area contributed by atoms with E-state index in [1.54, 1.807) is 31.8 Å². The highest BCUT2D eigenvalue weighted by Crippen LogP contribution is 2.18. The molecule has 0 aliphatic carbocycles. The van der Waals surface area contributed by atoms with Gasteiger partial charge >= 0.3 is 0 Å². The predicted molar refractivity (Wildman–Crippen MR) is 72.1 cm³/mol. The third kappa shape index (κ3) is 2.47. The maximum atomic E-state index is 12.2. The molecule has 6 heteroatoms. The lowest BCUT2D eigenvalue weighted by Crippen LogP contribution is -2.17. The molecule has 0 radical (unpaired) electrons. The average Bonchev–Trinajstić information content (AvgIpc) is 2.56. The second kappa shape index (κ2) is 4.79. The van der Waals surface area contributed by atoms with E-state index in [9.17, 15) is 4.79 Å². The third-order valence-corrected chi connectivity index (χ3v) is 3.10. The van der Waals surface area contributed by atoms with E-state index in [2.05, 4.69) is 20.4 Å². The van der Waals surface area contributed by atoms with Crippen LogP contribution in [0, 0.1) is 27.7 Å². The van der Waals surface area contributed by atoms with Gasteiger partial charge in [-0.15, -0.1) is 0 Å². The molecule has 1 amide bonds. The molecule has 0 aliphatic heterocycles. The number of rotatable bonds is 2. The first-order valence-corrected chi connectivity index (χ1v) is 6.02. The lowest BCUT2D eigenvalue weighted by molar-refractivity contribution is 0.102. The number of nitrogens with zero attached hydrogens (tertiary/aromatic N) is 4. The van der Waals surface area contributed by atoms with Gasteiger partial charge in [0.05, 0.1) is 17.0 Å². The Morgan fingerprint density at radius 2 is 1.89 bits per heavy atom. The first kappa shape index (κ1) is 13.2. The van der Waals surface area contributed by atoms with Crippen molar-refractivity contribution in [1.29, 1.82) is 0 Å². The molecular weight excluding hydrogens is 242 g/mol. The van der Waals surface area contributed by atoms with Crippen LogP contribution in [0.2, 0.25) is 0 Å². The summed E-state index contributed by atoms with van der Waals surface area (Å²) in [6.07, 6.45) is 1.55. The summed E-state index contributed by atoms with van der Waals surface area (Å²) in [5.41, 5.74) is 3.00. The Morgan fingerprint density at radius 3 is 2.42 bits per heavy atom. The van der Waals surface area contributed by atoms with Crippen molar-refractivity contribution in [3.8, 4) is 0 Å². The van der Waals surface area contributed by atoms with Gasteiger partial charge in [-0.05, 0) is 27.7 Å². The minimum Gasteiger partial charge on any atom is -0.306 e. The molecule has 0 spiro atoms. The molecule has 0 aliphatic rings.